The normalized spacial score (nSPS) is 10.9. The second-order valence-electron chi connectivity index (χ2n) is 4.46. The Morgan fingerprint density at radius 3 is 2.44 bits per heavy atom. The summed E-state index contributed by atoms with van der Waals surface area (Å²) in [6, 6.07) is 18.8. The van der Waals surface area contributed by atoms with Crippen LogP contribution < -0.4 is 0 Å². The lowest BCUT2D eigenvalue weighted by molar-refractivity contribution is 0.820. The molecule has 90 valence electrons. The highest BCUT2D eigenvalue weighted by atomic mass is 15.3. The Morgan fingerprint density at radius 1 is 0.944 bits per heavy atom. The lowest BCUT2D eigenvalue weighted by Crippen LogP contribution is -1.96. The van der Waals surface area contributed by atoms with Gasteiger partial charge in [0.15, 0.2) is 0 Å². The molecular weight excluding hydrogens is 220 g/mol. The maximum Gasteiger partial charge on any atom is 0.0744 e. The molecule has 3 aromatic rings. The van der Waals surface area contributed by atoms with Crippen LogP contribution in [0, 0.1) is 0 Å². The van der Waals surface area contributed by atoms with Crippen LogP contribution in [0.15, 0.2) is 54.6 Å². The predicted molar refractivity (Wildman–Crippen MR) is 75.1 cm³/mol. The summed E-state index contributed by atoms with van der Waals surface area (Å²) in [5.74, 6) is 0. The molecule has 1 aromatic heterocycles. The van der Waals surface area contributed by atoms with Crippen molar-refractivity contribution in [3.8, 4) is 5.69 Å². The summed E-state index contributed by atoms with van der Waals surface area (Å²) in [6.45, 7) is 2.19. The first-order valence-corrected chi connectivity index (χ1v) is 6.42. The third-order valence-corrected chi connectivity index (χ3v) is 3.15. The van der Waals surface area contributed by atoms with Gasteiger partial charge in [-0.1, -0.05) is 49.7 Å². The number of nitrogens with zero attached hydrogens (tertiary/aromatic N) is 2. The molecule has 0 saturated heterocycles. The van der Waals surface area contributed by atoms with Gasteiger partial charge >= 0.3 is 0 Å². The predicted octanol–water partition coefficient (Wildman–Crippen LogP) is 3.98. The van der Waals surface area contributed by atoms with E-state index in [2.05, 4.69) is 43.3 Å². The Kier molecular flexibility index (Phi) is 2.85. The first-order chi connectivity index (χ1) is 8.90. The summed E-state index contributed by atoms with van der Waals surface area (Å²) in [6.07, 6.45) is 2.15. The monoisotopic (exact) mass is 236 g/mol. The maximum atomic E-state index is 4.77. The van der Waals surface area contributed by atoms with Gasteiger partial charge in [-0.3, -0.25) is 0 Å². The van der Waals surface area contributed by atoms with Gasteiger partial charge in [-0.15, -0.1) is 0 Å². The molecule has 0 spiro atoms. The molecule has 0 N–H and O–H groups in total. The molecule has 0 bridgehead atoms. The van der Waals surface area contributed by atoms with Gasteiger partial charge in [0.25, 0.3) is 0 Å². The number of hydrogen-bond donors (Lipinski definition) is 0. The van der Waals surface area contributed by atoms with E-state index in [0.717, 1.165) is 18.5 Å². The molecule has 0 aliphatic carbocycles. The number of para-hydroxylation sites is 2. The van der Waals surface area contributed by atoms with Crippen LogP contribution in [-0.4, -0.2) is 9.78 Å². The number of aryl methyl sites for hydroxylation is 1. The van der Waals surface area contributed by atoms with Crippen molar-refractivity contribution in [2.75, 3.05) is 0 Å². The van der Waals surface area contributed by atoms with Crippen LogP contribution in [-0.2, 0) is 6.42 Å². The first kappa shape index (κ1) is 11.0. The molecule has 0 amide bonds. The highest BCUT2D eigenvalue weighted by molar-refractivity contribution is 5.83. The highest BCUT2D eigenvalue weighted by Gasteiger charge is 2.09. The van der Waals surface area contributed by atoms with Crippen molar-refractivity contribution in [2.45, 2.75) is 19.8 Å². The van der Waals surface area contributed by atoms with Crippen molar-refractivity contribution >= 4 is 10.9 Å². The van der Waals surface area contributed by atoms with Crippen molar-refractivity contribution < 1.29 is 0 Å². The minimum absolute atomic E-state index is 1.03. The molecule has 0 radical (unpaired) electrons. The SMILES string of the molecule is CCCc1nn(-c2ccccc2)c2ccccc12. The molecule has 0 unspecified atom stereocenters. The number of fused-ring (bicyclic) bond motifs is 1. The van der Waals surface area contributed by atoms with Gasteiger partial charge in [-0.25, -0.2) is 4.68 Å². The summed E-state index contributed by atoms with van der Waals surface area (Å²) in [5.41, 5.74) is 3.50. The van der Waals surface area contributed by atoms with E-state index in [9.17, 15) is 0 Å². The minimum atomic E-state index is 1.03. The fourth-order valence-corrected chi connectivity index (χ4v) is 2.32. The van der Waals surface area contributed by atoms with Crippen LogP contribution in [0.4, 0.5) is 0 Å². The van der Waals surface area contributed by atoms with Crippen LogP contribution in [0.5, 0.6) is 0 Å². The Morgan fingerprint density at radius 2 is 1.67 bits per heavy atom. The van der Waals surface area contributed by atoms with Crippen LogP contribution in [0.25, 0.3) is 16.6 Å². The maximum absolute atomic E-state index is 4.77. The van der Waals surface area contributed by atoms with E-state index in [1.807, 2.05) is 22.9 Å². The van der Waals surface area contributed by atoms with Crippen molar-refractivity contribution in [3.05, 3.63) is 60.3 Å². The number of benzene rings is 2. The Balaban J connectivity index is 2.24. The third kappa shape index (κ3) is 1.80. The second kappa shape index (κ2) is 4.65. The minimum Gasteiger partial charge on any atom is -0.233 e. The lowest BCUT2D eigenvalue weighted by Gasteiger charge is -2.02. The molecular formula is C16H16N2. The van der Waals surface area contributed by atoms with Crippen LogP contribution >= 0.6 is 0 Å². The summed E-state index contributed by atoms with van der Waals surface area (Å²) >= 11 is 0. The zero-order chi connectivity index (χ0) is 12.4. The van der Waals surface area contributed by atoms with Crippen molar-refractivity contribution in [1.29, 1.82) is 0 Å². The molecule has 0 aliphatic heterocycles. The average molecular weight is 236 g/mol. The zero-order valence-corrected chi connectivity index (χ0v) is 10.5. The molecule has 0 aliphatic rings. The molecule has 18 heavy (non-hydrogen) atoms. The van der Waals surface area contributed by atoms with Crippen molar-refractivity contribution in [1.82, 2.24) is 9.78 Å². The van der Waals surface area contributed by atoms with E-state index < -0.39 is 0 Å². The van der Waals surface area contributed by atoms with E-state index >= 15 is 0 Å². The van der Waals surface area contributed by atoms with E-state index in [1.165, 1.54) is 16.6 Å². The molecule has 1 heterocycles. The van der Waals surface area contributed by atoms with Gasteiger partial charge in [-0.2, -0.15) is 5.10 Å². The van der Waals surface area contributed by atoms with Gasteiger partial charge in [0, 0.05) is 5.39 Å². The van der Waals surface area contributed by atoms with Gasteiger partial charge in [-0.05, 0) is 24.6 Å². The molecule has 0 atom stereocenters. The molecule has 2 heteroatoms. The number of aromatic nitrogens is 2. The van der Waals surface area contributed by atoms with E-state index in [1.54, 1.807) is 0 Å². The number of rotatable bonds is 3. The van der Waals surface area contributed by atoms with E-state index in [-0.39, 0.29) is 0 Å². The topological polar surface area (TPSA) is 17.8 Å². The molecule has 3 rings (SSSR count). The summed E-state index contributed by atoms with van der Waals surface area (Å²) in [5, 5.41) is 6.03. The van der Waals surface area contributed by atoms with Gasteiger partial charge in [0.2, 0.25) is 0 Å². The van der Waals surface area contributed by atoms with Crippen LogP contribution in [0.2, 0.25) is 0 Å². The summed E-state index contributed by atoms with van der Waals surface area (Å²) < 4.78 is 2.04. The van der Waals surface area contributed by atoms with Crippen LogP contribution in [0.3, 0.4) is 0 Å². The van der Waals surface area contributed by atoms with Crippen LogP contribution in [0.1, 0.15) is 19.0 Å². The zero-order valence-electron chi connectivity index (χ0n) is 10.5. The quantitative estimate of drug-likeness (QED) is 0.672. The molecule has 2 nitrogen and oxygen atoms in total. The van der Waals surface area contributed by atoms with Gasteiger partial charge in [0.05, 0.1) is 16.9 Å². The Hall–Kier alpha value is -2.09. The summed E-state index contributed by atoms with van der Waals surface area (Å²) in [7, 11) is 0. The molecule has 2 aromatic carbocycles. The third-order valence-electron chi connectivity index (χ3n) is 3.15. The summed E-state index contributed by atoms with van der Waals surface area (Å²) in [4.78, 5) is 0. The second-order valence-corrected chi connectivity index (χ2v) is 4.46. The molecule has 0 fully saturated rings. The van der Waals surface area contributed by atoms with Gasteiger partial charge in [0.1, 0.15) is 0 Å². The average Bonchev–Trinajstić information content (AvgIpc) is 2.80. The number of hydrogen-bond acceptors (Lipinski definition) is 1. The fourth-order valence-electron chi connectivity index (χ4n) is 2.32. The smallest absolute Gasteiger partial charge is 0.0744 e. The standard InChI is InChI=1S/C16H16N2/c1-2-8-15-14-11-6-7-12-16(14)18(17-15)13-9-4-3-5-10-13/h3-7,9-12H,2,8H2,1H3. The van der Waals surface area contributed by atoms with Crippen molar-refractivity contribution in [3.63, 3.8) is 0 Å². The fraction of sp³-hybridized carbons (Fsp3) is 0.188. The van der Waals surface area contributed by atoms with E-state index in [4.69, 9.17) is 5.10 Å². The van der Waals surface area contributed by atoms with E-state index in [0.29, 0.717) is 0 Å². The highest BCUT2D eigenvalue weighted by Crippen LogP contribution is 2.22. The lowest BCUT2D eigenvalue weighted by atomic mass is 10.1. The Labute approximate surface area is 107 Å². The largest absolute Gasteiger partial charge is 0.233 e. The van der Waals surface area contributed by atoms with Crippen molar-refractivity contribution in [2.24, 2.45) is 0 Å². The Bertz CT molecular complexity index is 653. The first-order valence-electron chi connectivity index (χ1n) is 6.42. The van der Waals surface area contributed by atoms with Gasteiger partial charge < -0.3 is 0 Å². The molecule has 0 saturated carbocycles.